The molecule has 160 valence electrons. The first kappa shape index (κ1) is 23.3. The van der Waals surface area contributed by atoms with E-state index in [9.17, 15) is 9.90 Å². The van der Waals surface area contributed by atoms with Crippen molar-refractivity contribution >= 4 is 11.9 Å². The smallest absolute Gasteiger partial charge is 0.185 e. The highest BCUT2D eigenvalue weighted by Crippen LogP contribution is 2.39. The van der Waals surface area contributed by atoms with E-state index < -0.39 is 0 Å². The molecule has 0 radical (unpaired) electrons. The van der Waals surface area contributed by atoms with Gasteiger partial charge in [0.2, 0.25) is 0 Å². The summed E-state index contributed by atoms with van der Waals surface area (Å²) in [6, 6.07) is 10.1. The summed E-state index contributed by atoms with van der Waals surface area (Å²) in [5, 5.41) is 9.42. The lowest BCUT2D eigenvalue weighted by molar-refractivity contribution is 0.104. The summed E-state index contributed by atoms with van der Waals surface area (Å²) in [6.45, 7) is 16.0. The Bertz CT molecular complexity index is 919. The van der Waals surface area contributed by atoms with Crippen LogP contribution in [-0.4, -0.2) is 23.1 Å². The quantitative estimate of drug-likeness (QED) is 0.299. The zero-order valence-corrected chi connectivity index (χ0v) is 18.7. The van der Waals surface area contributed by atoms with Gasteiger partial charge in [-0.2, -0.15) is 0 Å². The van der Waals surface area contributed by atoms with Crippen molar-refractivity contribution in [2.24, 2.45) is 0 Å². The number of carbonyl (C=O) groups excluding carboxylic acids is 1. The van der Waals surface area contributed by atoms with E-state index in [2.05, 4.69) is 20.4 Å². The maximum atomic E-state index is 12.6. The number of phenols is 1. The fourth-order valence-corrected chi connectivity index (χ4v) is 2.92. The van der Waals surface area contributed by atoms with Gasteiger partial charge in [-0.05, 0) is 70.2 Å². The molecule has 0 saturated heterocycles. The third-order valence-electron chi connectivity index (χ3n) is 4.61. The number of aromatic hydroxyl groups is 1. The first-order valence-corrected chi connectivity index (χ1v) is 10.2. The second-order valence-electron chi connectivity index (χ2n) is 8.39. The molecule has 0 aromatic heterocycles. The van der Waals surface area contributed by atoms with Gasteiger partial charge in [0.05, 0.1) is 12.2 Å². The van der Waals surface area contributed by atoms with Crippen molar-refractivity contribution in [1.82, 2.24) is 0 Å². The molecule has 4 nitrogen and oxygen atoms in total. The van der Waals surface area contributed by atoms with Crippen LogP contribution >= 0.6 is 0 Å². The predicted molar refractivity (Wildman–Crippen MR) is 123 cm³/mol. The minimum atomic E-state index is -0.329. The summed E-state index contributed by atoms with van der Waals surface area (Å²) in [5.74, 6) is 1.37. The predicted octanol–water partition coefficient (Wildman–Crippen LogP) is 6.33. The van der Waals surface area contributed by atoms with Crippen molar-refractivity contribution in [3.63, 3.8) is 0 Å². The first-order chi connectivity index (χ1) is 14.0. The SMILES string of the molecule is C=CC(C)(C)c1cc(/C=C/C(=O)c2ccc(O)cc2)c(OC(C)C)cc1OC(C)C. The molecule has 0 amide bonds. The van der Waals surface area contributed by atoms with Gasteiger partial charge in [-0.25, -0.2) is 0 Å². The number of benzene rings is 2. The van der Waals surface area contributed by atoms with Gasteiger partial charge in [0.25, 0.3) is 0 Å². The van der Waals surface area contributed by atoms with Gasteiger partial charge in [-0.3, -0.25) is 4.79 Å². The molecular weight excluding hydrogens is 376 g/mol. The highest BCUT2D eigenvalue weighted by molar-refractivity contribution is 6.07. The molecule has 0 unspecified atom stereocenters. The van der Waals surface area contributed by atoms with E-state index in [0.717, 1.165) is 16.9 Å². The van der Waals surface area contributed by atoms with Crippen LogP contribution in [0.25, 0.3) is 6.08 Å². The highest BCUT2D eigenvalue weighted by Gasteiger charge is 2.24. The molecule has 0 bridgehead atoms. The second kappa shape index (κ2) is 9.66. The summed E-state index contributed by atoms with van der Waals surface area (Å²) >= 11 is 0. The summed E-state index contributed by atoms with van der Waals surface area (Å²) in [6.07, 6.45) is 5.13. The number of carbonyl (C=O) groups is 1. The number of ether oxygens (including phenoxy) is 2. The molecule has 0 aliphatic carbocycles. The number of allylic oxidation sites excluding steroid dienone is 2. The zero-order valence-electron chi connectivity index (χ0n) is 18.7. The standard InChI is InChI=1S/C26H32O4/c1-8-26(6,7)22-15-20(11-14-23(28)19-9-12-21(27)13-10-19)24(29-17(2)3)16-25(22)30-18(4)5/h8-18,27H,1H2,2-7H3/b14-11+. The number of hydrogen-bond donors (Lipinski definition) is 1. The third kappa shape index (κ3) is 5.99. The zero-order chi connectivity index (χ0) is 22.5. The van der Waals surface area contributed by atoms with E-state index in [-0.39, 0.29) is 29.2 Å². The monoisotopic (exact) mass is 408 g/mol. The lowest BCUT2D eigenvalue weighted by Gasteiger charge is -2.27. The van der Waals surface area contributed by atoms with Crippen LogP contribution in [0, 0.1) is 0 Å². The van der Waals surface area contributed by atoms with Crippen molar-refractivity contribution in [3.8, 4) is 17.2 Å². The van der Waals surface area contributed by atoms with E-state index in [1.165, 1.54) is 18.2 Å². The molecule has 0 spiro atoms. The van der Waals surface area contributed by atoms with Crippen molar-refractivity contribution in [1.29, 1.82) is 0 Å². The minimum Gasteiger partial charge on any atom is -0.508 e. The summed E-state index contributed by atoms with van der Waals surface area (Å²) in [4.78, 5) is 12.6. The molecule has 0 aliphatic heterocycles. The Kier molecular flexibility index (Phi) is 7.49. The van der Waals surface area contributed by atoms with Crippen LogP contribution in [0.2, 0.25) is 0 Å². The van der Waals surface area contributed by atoms with Gasteiger partial charge in [0, 0.05) is 28.2 Å². The molecule has 0 aliphatic rings. The Hall–Kier alpha value is -3.01. The fraction of sp³-hybridized carbons (Fsp3) is 0.346. The Morgan fingerprint density at radius 1 is 1.00 bits per heavy atom. The van der Waals surface area contributed by atoms with Crippen LogP contribution in [0.5, 0.6) is 17.2 Å². The van der Waals surface area contributed by atoms with Crippen LogP contribution in [0.1, 0.15) is 63.0 Å². The van der Waals surface area contributed by atoms with Gasteiger partial charge < -0.3 is 14.6 Å². The van der Waals surface area contributed by atoms with Gasteiger partial charge in [0.1, 0.15) is 17.2 Å². The fourth-order valence-electron chi connectivity index (χ4n) is 2.92. The summed E-state index contributed by atoms with van der Waals surface area (Å²) in [7, 11) is 0. The molecule has 2 rings (SSSR count). The molecule has 0 fully saturated rings. The first-order valence-electron chi connectivity index (χ1n) is 10.2. The normalized spacial score (nSPS) is 11.9. The van der Waals surface area contributed by atoms with Crippen LogP contribution in [0.15, 0.2) is 55.1 Å². The van der Waals surface area contributed by atoms with Crippen LogP contribution < -0.4 is 9.47 Å². The van der Waals surface area contributed by atoms with E-state index in [1.54, 1.807) is 18.2 Å². The Balaban J connectivity index is 2.54. The molecule has 1 N–H and O–H groups in total. The average Bonchev–Trinajstić information content (AvgIpc) is 2.66. The van der Waals surface area contributed by atoms with Crippen molar-refractivity contribution < 1.29 is 19.4 Å². The Labute approximate surface area is 179 Å². The molecular formula is C26H32O4. The third-order valence-corrected chi connectivity index (χ3v) is 4.61. The van der Waals surface area contributed by atoms with E-state index in [1.807, 2.05) is 45.9 Å². The summed E-state index contributed by atoms with van der Waals surface area (Å²) < 4.78 is 12.1. The number of rotatable bonds is 9. The lowest BCUT2D eigenvalue weighted by Crippen LogP contribution is -2.18. The second-order valence-corrected chi connectivity index (χ2v) is 8.39. The summed E-state index contributed by atoms with van der Waals surface area (Å²) in [5.41, 5.74) is 1.93. The van der Waals surface area contributed by atoms with Gasteiger partial charge >= 0.3 is 0 Å². The highest BCUT2D eigenvalue weighted by atomic mass is 16.5. The maximum Gasteiger partial charge on any atom is 0.185 e. The van der Waals surface area contributed by atoms with Gasteiger partial charge in [-0.15, -0.1) is 6.58 Å². The van der Waals surface area contributed by atoms with Crippen molar-refractivity contribution in [2.45, 2.75) is 59.2 Å². The molecule has 4 heteroatoms. The van der Waals surface area contributed by atoms with Gasteiger partial charge in [0.15, 0.2) is 5.78 Å². The number of ketones is 1. The average molecular weight is 409 g/mol. The van der Waals surface area contributed by atoms with Crippen LogP contribution in [0.4, 0.5) is 0 Å². The Morgan fingerprint density at radius 2 is 1.57 bits per heavy atom. The number of hydrogen-bond acceptors (Lipinski definition) is 4. The van der Waals surface area contributed by atoms with Crippen LogP contribution in [0.3, 0.4) is 0 Å². The van der Waals surface area contributed by atoms with E-state index in [4.69, 9.17) is 9.47 Å². The largest absolute Gasteiger partial charge is 0.508 e. The molecule has 30 heavy (non-hydrogen) atoms. The molecule has 0 heterocycles. The molecule has 0 saturated carbocycles. The van der Waals surface area contributed by atoms with Gasteiger partial charge in [-0.1, -0.05) is 19.9 Å². The lowest BCUT2D eigenvalue weighted by atomic mass is 9.83. The van der Waals surface area contributed by atoms with E-state index in [0.29, 0.717) is 11.3 Å². The molecule has 2 aromatic carbocycles. The maximum absolute atomic E-state index is 12.6. The van der Waals surface area contributed by atoms with Crippen molar-refractivity contribution in [2.75, 3.05) is 0 Å². The van der Waals surface area contributed by atoms with Crippen LogP contribution in [-0.2, 0) is 5.41 Å². The number of phenolic OH excluding ortho intramolecular Hbond substituents is 1. The minimum absolute atomic E-state index is 0.00808. The topological polar surface area (TPSA) is 55.8 Å². The molecule has 2 aromatic rings. The molecule has 0 atom stereocenters. The van der Waals surface area contributed by atoms with E-state index >= 15 is 0 Å². The van der Waals surface area contributed by atoms with Crippen molar-refractivity contribution in [3.05, 3.63) is 71.8 Å². The Morgan fingerprint density at radius 3 is 2.10 bits per heavy atom.